The van der Waals surface area contributed by atoms with Crippen LogP contribution in [0.15, 0.2) is 81.7 Å². The molecule has 0 aliphatic carbocycles. The lowest BCUT2D eigenvalue weighted by Gasteiger charge is -2.30. The second-order valence-electron chi connectivity index (χ2n) is 6.56. The van der Waals surface area contributed by atoms with E-state index in [4.69, 9.17) is 0 Å². The number of aromatic nitrogens is 2. The van der Waals surface area contributed by atoms with E-state index in [9.17, 15) is 14.9 Å². The average Bonchev–Trinajstić information content (AvgIpc) is 3.18. The van der Waals surface area contributed by atoms with Crippen LogP contribution in [-0.4, -0.2) is 26.6 Å². The van der Waals surface area contributed by atoms with Crippen molar-refractivity contribution in [2.45, 2.75) is 14.9 Å². The Labute approximate surface area is 179 Å². The van der Waals surface area contributed by atoms with Gasteiger partial charge in [-0.25, -0.2) is 4.98 Å². The fourth-order valence-corrected chi connectivity index (χ4v) is 5.12. The molecule has 0 bridgehead atoms. The van der Waals surface area contributed by atoms with E-state index in [1.165, 1.54) is 23.9 Å². The number of nitrogens with one attached hydrogen (secondary N) is 1. The third-order valence-corrected chi connectivity index (χ3v) is 6.66. The number of carbonyl (C=O) groups excluding carboxylic acids is 1. The maximum absolute atomic E-state index is 13.2. The lowest BCUT2D eigenvalue weighted by atomic mass is 10.2. The van der Waals surface area contributed by atoms with Crippen LogP contribution < -0.4 is 4.90 Å². The zero-order valence-electron chi connectivity index (χ0n) is 15.4. The number of imidazole rings is 1. The molecule has 1 aromatic heterocycles. The van der Waals surface area contributed by atoms with Gasteiger partial charge in [0.1, 0.15) is 0 Å². The van der Waals surface area contributed by atoms with E-state index >= 15 is 0 Å². The standard InChI is InChI=1S/C21H14N4O3S2/c26-20(12-29-21-22-14-10-9-13(25(27)28)11-15(14)23-21)24-16-5-1-3-7-18(16)30-19-8-4-2-6-17(19)24/h1-11H,12H2,(H,22,23). The number of hydrogen-bond donors (Lipinski definition) is 1. The summed E-state index contributed by atoms with van der Waals surface area (Å²) in [4.78, 5) is 35.0. The molecule has 1 aliphatic heterocycles. The molecular weight excluding hydrogens is 420 g/mol. The lowest BCUT2D eigenvalue weighted by molar-refractivity contribution is -0.384. The molecule has 3 aromatic carbocycles. The van der Waals surface area contributed by atoms with Crippen molar-refractivity contribution in [1.29, 1.82) is 0 Å². The van der Waals surface area contributed by atoms with Gasteiger partial charge >= 0.3 is 0 Å². The molecule has 148 valence electrons. The topological polar surface area (TPSA) is 92.1 Å². The van der Waals surface area contributed by atoms with Gasteiger partial charge < -0.3 is 4.98 Å². The highest BCUT2D eigenvalue weighted by atomic mass is 32.2. The molecule has 0 saturated carbocycles. The summed E-state index contributed by atoms with van der Waals surface area (Å²) in [6.45, 7) is 0. The smallest absolute Gasteiger partial charge is 0.271 e. The fraction of sp³-hybridized carbons (Fsp3) is 0.0476. The van der Waals surface area contributed by atoms with Crippen LogP contribution in [0.3, 0.4) is 0 Å². The van der Waals surface area contributed by atoms with Crippen LogP contribution in [0.25, 0.3) is 11.0 Å². The van der Waals surface area contributed by atoms with E-state index < -0.39 is 4.92 Å². The van der Waals surface area contributed by atoms with Crippen LogP contribution in [-0.2, 0) is 4.79 Å². The predicted octanol–water partition coefficient (Wildman–Crippen LogP) is 5.39. The van der Waals surface area contributed by atoms with Crippen molar-refractivity contribution in [2.75, 3.05) is 10.7 Å². The van der Waals surface area contributed by atoms with Gasteiger partial charge in [0.15, 0.2) is 5.16 Å². The third-order valence-electron chi connectivity index (χ3n) is 4.67. The monoisotopic (exact) mass is 434 g/mol. The van der Waals surface area contributed by atoms with Crippen molar-refractivity contribution in [3.8, 4) is 0 Å². The van der Waals surface area contributed by atoms with Gasteiger partial charge in [-0.3, -0.25) is 19.8 Å². The molecule has 0 saturated heterocycles. The SMILES string of the molecule is O=C(CSc1nc2ccc([N+](=O)[O-])cc2[nH]1)N1c2ccccc2Sc2ccccc21. The molecule has 0 spiro atoms. The van der Waals surface area contributed by atoms with E-state index in [0.29, 0.717) is 16.2 Å². The van der Waals surface area contributed by atoms with Gasteiger partial charge in [-0.1, -0.05) is 47.8 Å². The van der Waals surface area contributed by atoms with E-state index in [-0.39, 0.29) is 17.3 Å². The highest BCUT2D eigenvalue weighted by Gasteiger charge is 2.27. The molecular formula is C21H14N4O3S2. The number of nitrogens with zero attached hydrogens (tertiary/aromatic N) is 3. The van der Waals surface area contributed by atoms with Crippen molar-refractivity contribution >= 4 is 57.5 Å². The van der Waals surface area contributed by atoms with E-state index in [2.05, 4.69) is 9.97 Å². The van der Waals surface area contributed by atoms with Gasteiger partial charge in [0.05, 0.1) is 33.1 Å². The van der Waals surface area contributed by atoms with Crippen LogP contribution >= 0.6 is 23.5 Å². The molecule has 0 atom stereocenters. The first-order valence-electron chi connectivity index (χ1n) is 9.06. The molecule has 9 heteroatoms. The quantitative estimate of drug-likeness (QED) is 0.263. The fourth-order valence-electron chi connectivity index (χ4n) is 3.32. The maximum Gasteiger partial charge on any atom is 0.271 e. The maximum atomic E-state index is 13.2. The highest BCUT2D eigenvalue weighted by Crippen LogP contribution is 2.48. The number of H-pyrrole nitrogens is 1. The summed E-state index contributed by atoms with van der Waals surface area (Å²) in [6.07, 6.45) is 0. The van der Waals surface area contributed by atoms with Crippen molar-refractivity contribution in [3.63, 3.8) is 0 Å². The summed E-state index contributed by atoms with van der Waals surface area (Å²) in [5, 5.41) is 11.5. The number of hydrogen-bond acceptors (Lipinski definition) is 6. The molecule has 1 aliphatic rings. The predicted molar refractivity (Wildman–Crippen MR) is 118 cm³/mol. The molecule has 2 heterocycles. The van der Waals surface area contributed by atoms with Gasteiger partial charge in [-0.2, -0.15) is 0 Å². The summed E-state index contributed by atoms with van der Waals surface area (Å²) in [7, 11) is 0. The number of nitro groups is 1. The van der Waals surface area contributed by atoms with E-state index in [1.807, 2.05) is 48.5 Å². The van der Waals surface area contributed by atoms with Gasteiger partial charge in [0.2, 0.25) is 5.91 Å². The summed E-state index contributed by atoms with van der Waals surface area (Å²) < 4.78 is 0. The molecule has 30 heavy (non-hydrogen) atoms. The van der Waals surface area contributed by atoms with Crippen LogP contribution in [0.2, 0.25) is 0 Å². The van der Waals surface area contributed by atoms with Crippen molar-refractivity contribution in [2.24, 2.45) is 0 Å². The largest absolute Gasteiger partial charge is 0.333 e. The number of nitro benzene ring substituents is 1. The minimum Gasteiger partial charge on any atom is -0.333 e. The summed E-state index contributed by atoms with van der Waals surface area (Å²) in [6, 6.07) is 20.2. The Morgan fingerprint density at radius 1 is 1.07 bits per heavy atom. The minimum absolute atomic E-state index is 0.00203. The van der Waals surface area contributed by atoms with Gasteiger partial charge in [-0.05, 0) is 30.3 Å². The van der Waals surface area contributed by atoms with Crippen LogP contribution in [0.1, 0.15) is 0 Å². The highest BCUT2D eigenvalue weighted by molar-refractivity contribution is 8.00. The van der Waals surface area contributed by atoms with Crippen molar-refractivity contribution < 1.29 is 9.72 Å². The molecule has 5 rings (SSSR count). The van der Waals surface area contributed by atoms with Crippen molar-refractivity contribution in [3.05, 3.63) is 76.8 Å². The Balaban J connectivity index is 1.41. The van der Waals surface area contributed by atoms with Crippen LogP contribution in [0, 0.1) is 10.1 Å². The number of thioether (sulfide) groups is 1. The Morgan fingerprint density at radius 2 is 1.73 bits per heavy atom. The second-order valence-corrected chi connectivity index (χ2v) is 8.60. The molecule has 1 N–H and O–H groups in total. The van der Waals surface area contributed by atoms with Crippen LogP contribution in [0.4, 0.5) is 17.1 Å². The number of anilines is 2. The minimum atomic E-state index is -0.445. The van der Waals surface area contributed by atoms with Gasteiger partial charge in [0, 0.05) is 21.9 Å². The number of non-ortho nitro benzene ring substituents is 1. The number of aromatic amines is 1. The molecule has 7 nitrogen and oxygen atoms in total. The number of carbonyl (C=O) groups is 1. The molecule has 0 fully saturated rings. The van der Waals surface area contributed by atoms with Gasteiger partial charge in [-0.15, -0.1) is 0 Å². The Bertz CT molecular complexity index is 1260. The normalized spacial score (nSPS) is 12.5. The summed E-state index contributed by atoms with van der Waals surface area (Å²) in [5.74, 6) is 0.113. The summed E-state index contributed by atoms with van der Waals surface area (Å²) in [5.41, 5.74) is 2.93. The number of rotatable bonds is 4. The number of amides is 1. The van der Waals surface area contributed by atoms with E-state index in [1.54, 1.807) is 22.7 Å². The molecule has 0 unspecified atom stereocenters. The molecule has 4 aromatic rings. The first-order chi connectivity index (χ1) is 14.6. The number of fused-ring (bicyclic) bond motifs is 3. The first-order valence-corrected chi connectivity index (χ1v) is 10.9. The Kier molecular flexibility index (Phi) is 4.68. The number of benzene rings is 3. The zero-order chi connectivity index (χ0) is 20.7. The lowest BCUT2D eigenvalue weighted by Crippen LogP contribution is -2.30. The Morgan fingerprint density at radius 3 is 2.40 bits per heavy atom. The first kappa shape index (κ1) is 18.7. The van der Waals surface area contributed by atoms with Crippen molar-refractivity contribution in [1.82, 2.24) is 9.97 Å². The molecule has 1 amide bonds. The second kappa shape index (κ2) is 7.51. The zero-order valence-corrected chi connectivity index (χ0v) is 17.1. The van der Waals surface area contributed by atoms with Gasteiger partial charge in [0.25, 0.3) is 5.69 Å². The molecule has 0 radical (unpaired) electrons. The van der Waals surface area contributed by atoms with Crippen LogP contribution in [0.5, 0.6) is 0 Å². The number of para-hydroxylation sites is 2. The summed E-state index contributed by atoms with van der Waals surface area (Å²) >= 11 is 2.93. The third kappa shape index (κ3) is 3.31. The van der Waals surface area contributed by atoms with E-state index in [0.717, 1.165) is 21.2 Å². The Hall–Kier alpha value is -3.30. The average molecular weight is 435 g/mol.